The molecule has 1 heterocycles. The van der Waals surface area contributed by atoms with Crippen LogP contribution in [0.2, 0.25) is 0 Å². The second-order valence-corrected chi connectivity index (χ2v) is 13.1. The normalized spacial score (nSPS) is 13.6. The highest BCUT2D eigenvalue weighted by atomic mass is 31.2. The Morgan fingerprint density at radius 3 is 2.02 bits per heavy atom. The number of hydrogen-bond donors (Lipinski definition) is 1. The number of phosphoric acid groups is 1. The van der Waals surface area contributed by atoms with E-state index in [0.717, 1.165) is 29.3 Å². The van der Waals surface area contributed by atoms with Gasteiger partial charge < -0.3 is 14.0 Å². The second-order valence-electron chi connectivity index (χ2n) is 11.7. The van der Waals surface area contributed by atoms with Gasteiger partial charge in [-0.15, -0.1) is 0 Å². The summed E-state index contributed by atoms with van der Waals surface area (Å²) in [5.74, 6) is 0.307. The average Bonchev–Trinajstić information content (AvgIpc) is 3.03. The van der Waals surface area contributed by atoms with E-state index in [0.29, 0.717) is 25.5 Å². The Bertz CT molecular complexity index is 1230. The smallest absolute Gasteiger partial charge is 0.404 e. The van der Waals surface area contributed by atoms with Gasteiger partial charge in [0.2, 0.25) is 5.52 Å². The van der Waals surface area contributed by atoms with Crippen molar-refractivity contribution in [1.82, 2.24) is 0 Å². The number of rotatable bonds is 25. The molecule has 244 valence electrons. The molecule has 1 aromatic heterocycles. The summed E-state index contributed by atoms with van der Waals surface area (Å²) in [6, 6.07) is 19.4. The van der Waals surface area contributed by atoms with Gasteiger partial charge in [-0.2, -0.15) is 4.57 Å². The Morgan fingerprint density at radius 1 is 0.750 bits per heavy atom. The molecule has 1 N–H and O–H groups in total. The van der Waals surface area contributed by atoms with Crippen molar-refractivity contribution in [2.24, 2.45) is 0 Å². The largest absolute Gasteiger partial charge is 0.527 e. The topological polar surface area (TPSA) is 78.1 Å². The maximum absolute atomic E-state index is 12.9. The molecule has 0 bridgehead atoms. The summed E-state index contributed by atoms with van der Waals surface area (Å²) < 4.78 is 37.0. The lowest BCUT2D eigenvalue weighted by molar-refractivity contribution is -0.662. The standard InChI is InChI=1S/C36H54NO6P/c1-3-4-5-6-7-8-9-10-11-12-13-14-15-20-28-41-30-34(40-2)31-42-44(38,39)43-36-26-19-17-23-33(36)29-37-27-21-24-32-22-16-18-25-35(32)37/h16-19,21-27,34H,3-15,20,28-31H2,1-2H3/p+1. The number of hydrogen-bond acceptors (Lipinski definition) is 5. The molecule has 0 radical (unpaired) electrons. The number of ether oxygens (including phenoxy) is 2. The molecular formula is C36H55NO6P+. The van der Waals surface area contributed by atoms with Crippen LogP contribution in [-0.4, -0.2) is 37.9 Å². The molecular weight excluding hydrogens is 573 g/mol. The van der Waals surface area contributed by atoms with Crippen LogP contribution < -0.4 is 9.09 Å². The molecule has 3 aromatic rings. The molecule has 44 heavy (non-hydrogen) atoms. The number of fused-ring (bicyclic) bond motifs is 1. The minimum Gasteiger partial charge on any atom is -0.404 e. The Hall–Kier alpha value is -2.28. The number of aromatic nitrogens is 1. The highest BCUT2D eigenvalue weighted by Gasteiger charge is 2.27. The highest BCUT2D eigenvalue weighted by Crippen LogP contribution is 2.45. The van der Waals surface area contributed by atoms with Gasteiger partial charge in [0.05, 0.1) is 18.8 Å². The first-order valence-electron chi connectivity index (χ1n) is 16.7. The summed E-state index contributed by atoms with van der Waals surface area (Å²) in [7, 11) is -2.84. The first kappa shape index (κ1) is 36.2. The molecule has 8 heteroatoms. The Morgan fingerprint density at radius 2 is 1.34 bits per heavy atom. The maximum atomic E-state index is 12.9. The van der Waals surface area contributed by atoms with Gasteiger partial charge in [-0.1, -0.05) is 115 Å². The molecule has 2 unspecified atom stereocenters. The number of benzene rings is 2. The van der Waals surface area contributed by atoms with Crippen LogP contribution in [0.25, 0.3) is 10.9 Å². The van der Waals surface area contributed by atoms with Crippen LogP contribution in [-0.2, 0) is 25.1 Å². The number of pyridine rings is 1. The molecule has 0 spiro atoms. The number of unbranched alkanes of at least 4 members (excludes halogenated alkanes) is 13. The first-order valence-corrected chi connectivity index (χ1v) is 18.2. The molecule has 2 atom stereocenters. The third-order valence-electron chi connectivity index (χ3n) is 8.02. The van der Waals surface area contributed by atoms with Crippen LogP contribution in [0.4, 0.5) is 0 Å². The predicted molar refractivity (Wildman–Crippen MR) is 178 cm³/mol. The van der Waals surface area contributed by atoms with Crippen molar-refractivity contribution in [1.29, 1.82) is 0 Å². The molecule has 0 aliphatic carbocycles. The summed E-state index contributed by atoms with van der Waals surface area (Å²) in [6.45, 7) is 3.58. The second kappa shape index (κ2) is 21.5. The van der Waals surface area contributed by atoms with Crippen LogP contribution in [0.3, 0.4) is 0 Å². The van der Waals surface area contributed by atoms with Crippen LogP contribution >= 0.6 is 7.82 Å². The lowest BCUT2D eigenvalue weighted by Crippen LogP contribution is -2.34. The van der Waals surface area contributed by atoms with Crippen molar-refractivity contribution in [3.05, 3.63) is 72.4 Å². The molecule has 0 saturated heterocycles. The van der Waals surface area contributed by atoms with Crippen molar-refractivity contribution in [2.45, 2.75) is 109 Å². The molecule has 0 amide bonds. The Labute approximate surface area is 265 Å². The third-order valence-corrected chi connectivity index (χ3v) is 8.92. The first-order chi connectivity index (χ1) is 21.5. The van der Waals surface area contributed by atoms with E-state index in [4.69, 9.17) is 18.5 Å². The van der Waals surface area contributed by atoms with Gasteiger partial charge in [-0.25, -0.2) is 4.57 Å². The summed E-state index contributed by atoms with van der Waals surface area (Å²) in [5, 5.41) is 1.11. The van der Waals surface area contributed by atoms with Gasteiger partial charge in [0.25, 0.3) is 0 Å². The summed E-state index contributed by atoms with van der Waals surface area (Å²) in [6.07, 6.45) is 20.0. The number of nitrogens with zero attached hydrogens (tertiary/aromatic N) is 1. The fourth-order valence-electron chi connectivity index (χ4n) is 5.39. The predicted octanol–water partition coefficient (Wildman–Crippen LogP) is 9.18. The molecule has 0 aliphatic rings. The van der Waals surface area contributed by atoms with Crippen molar-refractivity contribution < 1.29 is 32.5 Å². The van der Waals surface area contributed by atoms with E-state index in [-0.39, 0.29) is 6.61 Å². The molecule has 2 aromatic carbocycles. The molecule has 3 rings (SSSR count). The van der Waals surface area contributed by atoms with Crippen LogP contribution in [0.5, 0.6) is 5.75 Å². The van der Waals surface area contributed by atoms with Gasteiger partial charge in [0, 0.05) is 31.2 Å². The van der Waals surface area contributed by atoms with Crippen molar-refractivity contribution >= 4 is 18.7 Å². The zero-order valence-corrected chi connectivity index (χ0v) is 27.9. The van der Waals surface area contributed by atoms with Gasteiger partial charge in [-0.05, 0) is 30.7 Å². The van der Waals surface area contributed by atoms with Gasteiger partial charge in [0.15, 0.2) is 12.7 Å². The van der Waals surface area contributed by atoms with Gasteiger partial charge >= 0.3 is 7.82 Å². The van der Waals surface area contributed by atoms with Crippen LogP contribution in [0.1, 0.15) is 102 Å². The van der Waals surface area contributed by atoms with Crippen molar-refractivity contribution in [3.8, 4) is 5.75 Å². The van der Waals surface area contributed by atoms with E-state index >= 15 is 0 Å². The highest BCUT2D eigenvalue weighted by molar-refractivity contribution is 7.47. The zero-order valence-electron chi connectivity index (χ0n) is 27.0. The number of methoxy groups -OCH3 is 1. The molecule has 0 fully saturated rings. The molecule has 0 aliphatic heterocycles. The monoisotopic (exact) mass is 628 g/mol. The summed E-state index contributed by atoms with van der Waals surface area (Å²) >= 11 is 0. The lowest BCUT2D eigenvalue weighted by Gasteiger charge is -2.19. The molecule has 7 nitrogen and oxygen atoms in total. The fraction of sp³-hybridized carbons (Fsp3) is 0.583. The minimum atomic E-state index is -4.38. The fourth-order valence-corrected chi connectivity index (χ4v) is 6.23. The summed E-state index contributed by atoms with van der Waals surface area (Å²) in [5.41, 5.74) is 1.83. The number of phosphoric ester groups is 1. The SMILES string of the molecule is CCCCCCCCCCCCCCCCOCC(COP(=O)(O)Oc1ccccc1C[n+]1cccc2ccccc21)OC. The van der Waals surface area contributed by atoms with Gasteiger partial charge in [0.1, 0.15) is 11.9 Å². The lowest BCUT2D eigenvalue weighted by atomic mass is 10.0. The van der Waals surface area contributed by atoms with E-state index in [9.17, 15) is 9.46 Å². The van der Waals surface area contributed by atoms with Gasteiger partial charge in [-0.3, -0.25) is 9.42 Å². The van der Waals surface area contributed by atoms with Crippen LogP contribution in [0, 0.1) is 0 Å². The van der Waals surface area contributed by atoms with E-state index in [1.54, 1.807) is 19.2 Å². The maximum Gasteiger partial charge on any atom is 0.527 e. The van der Waals surface area contributed by atoms with Crippen molar-refractivity contribution in [3.63, 3.8) is 0 Å². The van der Waals surface area contributed by atoms with E-state index in [1.165, 1.54) is 77.0 Å². The average molecular weight is 629 g/mol. The van der Waals surface area contributed by atoms with E-state index in [1.807, 2.05) is 42.6 Å². The van der Waals surface area contributed by atoms with Crippen molar-refractivity contribution in [2.75, 3.05) is 26.9 Å². The minimum absolute atomic E-state index is 0.108. The molecule has 0 saturated carbocycles. The van der Waals surface area contributed by atoms with E-state index < -0.39 is 13.9 Å². The van der Waals surface area contributed by atoms with E-state index in [2.05, 4.69) is 23.6 Å². The Kier molecular flexibility index (Phi) is 17.6. The Balaban J connectivity index is 1.28. The quantitative estimate of drug-likeness (QED) is 0.0573. The third kappa shape index (κ3) is 14.2. The number of para-hydroxylation sites is 2. The summed E-state index contributed by atoms with van der Waals surface area (Å²) in [4.78, 5) is 10.5. The zero-order chi connectivity index (χ0) is 31.3. The van der Waals surface area contributed by atoms with Crippen LogP contribution in [0.15, 0.2) is 66.9 Å².